The van der Waals surface area contributed by atoms with Crippen molar-refractivity contribution in [3.63, 3.8) is 0 Å². The predicted octanol–water partition coefficient (Wildman–Crippen LogP) is 4.41. The lowest BCUT2D eigenvalue weighted by Gasteiger charge is -2.48. The molecule has 0 spiro atoms. The normalized spacial score (nSPS) is 17.2. The van der Waals surface area contributed by atoms with Gasteiger partial charge in [0.1, 0.15) is 6.04 Å². The second-order valence-electron chi connectivity index (χ2n) is 12.2. The first-order chi connectivity index (χ1) is 19.6. The Hall–Kier alpha value is -3.98. The van der Waals surface area contributed by atoms with E-state index in [2.05, 4.69) is 0 Å². The summed E-state index contributed by atoms with van der Waals surface area (Å²) in [7, 11) is 0. The highest BCUT2D eigenvalue weighted by Gasteiger charge is 2.48. The smallest absolute Gasteiger partial charge is 0.337 e. The molecule has 9 heteroatoms. The van der Waals surface area contributed by atoms with Gasteiger partial charge in [0, 0.05) is 24.1 Å². The van der Waals surface area contributed by atoms with Crippen LogP contribution in [0.1, 0.15) is 66.5 Å². The van der Waals surface area contributed by atoms with Gasteiger partial charge in [0.15, 0.2) is 6.10 Å². The molecule has 42 heavy (non-hydrogen) atoms. The molecule has 3 amide bonds. The van der Waals surface area contributed by atoms with Crippen molar-refractivity contribution in [1.82, 2.24) is 14.9 Å². The summed E-state index contributed by atoms with van der Waals surface area (Å²) in [6.07, 6.45) is -0.622. The lowest BCUT2D eigenvalue weighted by molar-refractivity contribution is -0.178. The van der Waals surface area contributed by atoms with Gasteiger partial charge in [-0.1, -0.05) is 95.3 Å². The van der Waals surface area contributed by atoms with Crippen LogP contribution in [0.4, 0.5) is 0 Å². The number of aliphatic hydroxyl groups is 1. The van der Waals surface area contributed by atoms with Crippen LogP contribution < -0.4 is 0 Å². The van der Waals surface area contributed by atoms with Gasteiger partial charge in [0.25, 0.3) is 5.91 Å². The summed E-state index contributed by atoms with van der Waals surface area (Å²) < 4.78 is 5.33. The zero-order valence-corrected chi connectivity index (χ0v) is 25.8. The van der Waals surface area contributed by atoms with Crippen LogP contribution in [0.2, 0.25) is 0 Å². The van der Waals surface area contributed by atoms with Crippen LogP contribution in [0.25, 0.3) is 5.70 Å². The van der Waals surface area contributed by atoms with Crippen molar-refractivity contribution in [1.29, 1.82) is 0 Å². The number of hydrazine groups is 1. The van der Waals surface area contributed by atoms with Crippen LogP contribution in [0.5, 0.6) is 0 Å². The highest BCUT2D eigenvalue weighted by atomic mass is 16.6. The first-order valence-corrected chi connectivity index (χ1v) is 14.3. The van der Waals surface area contributed by atoms with E-state index in [-0.39, 0.29) is 23.9 Å². The molecule has 2 aromatic rings. The third-order valence-corrected chi connectivity index (χ3v) is 6.93. The monoisotopic (exact) mass is 577 g/mol. The van der Waals surface area contributed by atoms with Crippen LogP contribution in [-0.4, -0.2) is 68.0 Å². The molecular weight excluding hydrogens is 534 g/mol. The van der Waals surface area contributed by atoms with Crippen molar-refractivity contribution < 1.29 is 29.0 Å². The molecule has 2 unspecified atom stereocenters. The average Bonchev–Trinajstić information content (AvgIpc) is 2.92. The molecule has 1 N–H and O–H groups in total. The molecule has 0 saturated carbocycles. The summed E-state index contributed by atoms with van der Waals surface area (Å²) >= 11 is 0. The standard InChI is InChI=1S/C33H43N3O6/c1-21(2)28-30(39)36(27(25-17-13-10-14-18-25)20-34(28)32(41)33(6,7)8)35(23(5)37)26(19-24-15-11-9-12-16-24)29(38)31(40)42-22(3)4/h9-18,20-22,26,28-29,38H,19H2,1-8H3/t26-,28?,29?/m0/s1. The lowest BCUT2D eigenvalue weighted by atomic mass is 9.90. The van der Waals surface area contributed by atoms with E-state index in [9.17, 15) is 24.3 Å². The largest absolute Gasteiger partial charge is 0.461 e. The summed E-state index contributed by atoms with van der Waals surface area (Å²) in [6, 6.07) is 15.9. The Kier molecular flexibility index (Phi) is 10.3. The third kappa shape index (κ3) is 7.26. The fourth-order valence-electron chi connectivity index (χ4n) is 5.01. The number of rotatable bonds is 9. The number of carbonyl (C=O) groups excluding carboxylic acids is 4. The highest BCUT2D eigenvalue weighted by Crippen LogP contribution is 2.35. The minimum Gasteiger partial charge on any atom is -0.461 e. The molecule has 0 saturated heterocycles. The van der Waals surface area contributed by atoms with Gasteiger partial charge in [0.05, 0.1) is 17.8 Å². The molecule has 2 aromatic carbocycles. The first-order valence-electron chi connectivity index (χ1n) is 14.3. The highest BCUT2D eigenvalue weighted by molar-refractivity contribution is 5.99. The Morgan fingerprint density at radius 2 is 1.50 bits per heavy atom. The van der Waals surface area contributed by atoms with Crippen molar-refractivity contribution >= 4 is 29.4 Å². The average molecular weight is 578 g/mol. The van der Waals surface area contributed by atoms with E-state index in [1.807, 2.05) is 50.2 Å². The molecular formula is C33H43N3O6. The lowest BCUT2D eigenvalue weighted by Crippen LogP contribution is -2.65. The minimum atomic E-state index is -1.77. The first kappa shape index (κ1) is 32.5. The van der Waals surface area contributed by atoms with Gasteiger partial charge >= 0.3 is 5.97 Å². The summed E-state index contributed by atoms with van der Waals surface area (Å²) in [6.45, 7) is 13.6. The second-order valence-corrected chi connectivity index (χ2v) is 12.2. The van der Waals surface area contributed by atoms with E-state index in [1.165, 1.54) is 16.8 Å². The number of amides is 3. The Labute approximate surface area is 248 Å². The predicted molar refractivity (Wildman–Crippen MR) is 160 cm³/mol. The Bertz CT molecular complexity index is 1300. The molecule has 1 aliphatic heterocycles. The van der Waals surface area contributed by atoms with Gasteiger partial charge < -0.3 is 14.7 Å². The number of carbonyl (C=O) groups is 4. The van der Waals surface area contributed by atoms with Gasteiger partial charge in [0.2, 0.25) is 11.8 Å². The summed E-state index contributed by atoms with van der Waals surface area (Å²) in [5.41, 5.74) is 0.794. The second kappa shape index (κ2) is 13.3. The minimum absolute atomic E-state index is 0.0532. The topological polar surface area (TPSA) is 107 Å². The van der Waals surface area contributed by atoms with Gasteiger partial charge in [-0.15, -0.1) is 0 Å². The van der Waals surface area contributed by atoms with Gasteiger partial charge in [-0.05, 0) is 31.7 Å². The molecule has 0 fully saturated rings. The fourth-order valence-corrected chi connectivity index (χ4v) is 5.01. The fraction of sp³-hybridized carbons (Fsp3) is 0.455. The van der Waals surface area contributed by atoms with Crippen molar-refractivity contribution in [2.24, 2.45) is 11.3 Å². The summed E-state index contributed by atoms with van der Waals surface area (Å²) in [4.78, 5) is 56.3. The number of aliphatic hydroxyl groups excluding tert-OH is 1. The molecule has 3 rings (SSSR count). The van der Waals surface area contributed by atoms with E-state index in [0.717, 1.165) is 10.6 Å². The number of esters is 1. The zero-order chi connectivity index (χ0) is 31.4. The maximum Gasteiger partial charge on any atom is 0.337 e. The Morgan fingerprint density at radius 1 is 0.952 bits per heavy atom. The number of hydrogen-bond donors (Lipinski definition) is 1. The number of ether oxygens (including phenoxy) is 1. The molecule has 0 bridgehead atoms. The molecule has 3 atom stereocenters. The summed E-state index contributed by atoms with van der Waals surface area (Å²) in [5.74, 6) is -2.57. The zero-order valence-electron chi connectivity index (χ0n) is 25.8. The number of nitrogens with zero attached hydrogens (tertiary/aromatic N) is 3. The maximum atomic E-state index is 14.6. The van der Waals surface area contributed by atoms with Gasteiger partial charge in [-0.2, -0.15) is 0 Å². The van der Waals surface area contributed by atoms with E-state index in [4.69, 9.17) is 4.74 Å². The molecule has 0 radical (unpaired) electrons. The molecule has 0 aromatic heterocycles. The maximum absolute atomic E-state index is 14.6. The van der Waals surface area contributed by atoms with Crippen LogP contribution in [0.3, 0.4) is 0 Å². The van der Waals surface area contributed by atoms with Crippen molar-refractivity contribution in [3.05, 3.63) is 78.0 Å². The van der Waals surface area contributed by atoms with E-state index < -0.39 is 47.5 Å². The van der Waals surface area contributed by atoms with Crippen LogP contribution in [-0.2, 0) is 30.3 Å². The molecule has 0 aliphatic carbocycles. The number of benzene rings is 2. The van der Waals surface area contributed by atoms with Crippen LogP contribution in [0.15, 0.2) is 66.9 Å². The quantitative estimate of drug-likeness (QED) is 0.443. The molecule has 9 nitrogen and oxygen atoms in total. The Balaban J connectivity index is 2.29. The van der Waals surface area contributed by atoms with Gasteiger partial charge in [-0.3, -0.25) is 14.4 Å². The molecule has 1 aliphatic rings. The van der Waals surface area contributed by atoms with Crippen molar-refractivity contribution in [3.8, 4) is 0 Å². The van der Waals surface area contributed by atoms with E-state index in [1.54, 1.807) is 65.1 Å². The molecule has 1 heterocycles. The van der Waals surface area contributed by atoms with Crippen molar-refractivity contribution in [2.45, 2.75) is 86.1 Å². The van der Waals surface area contributed by atoms with Crippen LogP contribution in [0, 0.1) is 11.3 Å². The SMILES string of the molecule is CC(=O)N([C@@H](Cc1ccccc1)C(O)C(=O)OC(C)C)N1C(=O)C(C(C)C)N(C(=O)C(C)(C)C)C=C1c1ccccc1. The third-order valence-electron chi connectivity index (χ3n) is 6.93. The summed E-state index contributed by atoms with van der Waals surface area (Å²) in [5, 5.41) is 13.8. The van der Waals surface area contributed by atoms with Crippen molar-refractivity contribution in [2.75, 3.05) is 0 Å². The molecule has 226 valence electrons. The van der Waals surface area contributed by atoms with E-state index in [0.29, 0.717) is 5.56 Å². The van der Waals surface area contributed by atoms with Crippen LogP contribution >= 0.6 is 0 Å². The number of hydrogen-bond acceptors (Lipinski definition) is 6. The van der Waals surface area contributed by atoms with Gasteiger partial charge in [-0.25, -0.2) is 14.8 Å². The van der Waals surface area contributed by atoms with E-state index >= 15 is 0 Å². The Morgan fingerprint density at radius 3 is 1.98 bits per heavy atom.